The second-order valence-electron chi connectivity index (χ2n) is 6.25. The summed E-state index contributed by atoms with van der Waals surface area (Å²) in [6.07, 6.45) is -0.0906. The summed E-state index contributed by atoms with van der Waals surface area (Å²) in [7, 11) is 0. The number of anilines is 1. The maximum absolute atomic E-state index is 12.7. The summed E-state index contributed by atoms with van der Waals surface area (Å²) in [5, 5.41) is 0. The maximum Gasteiger partial charge on any atom is 0.409 e. The van der Waals surface area contributed by atoms with E-state index < -0.39 is 0 Å². The fourth-order valence-corrected chi connectivity index (χ4v) is 3.31. The standard InChI is InChI=1S/C18H23N3O4/c1-2-25-18(24)20-10-8-19(9-11-20)17(23)14-12-16(22)21(13-14)15-6-4-3-5-7-15/h3-7,14H,2,8-13H2,1H3/t14-/m1/s1. The Kier molecular flexibility index (Phi) is 5.21. The number of ether oxygens (including phenoxy) is 1. The molecule has 3 amide bonds. The number of carbonyl (C=O) groups is 3. The molecule has 7 heteroatoms. The molecule has 1 aromatic rings. The zero-order valence-corrected chi connectivity index (χ0v) is 14.4. The molecule has 2 fully saturated rings. The molecule has 3 rings (SSSR count). The Hall–Kier alpha value is -2.57. The molecule has 2 aliphatic rings. The highest BCUT2D eigenvalue weighted by Gasteiger charge is 2.38. The Labute approximate surface area is 147 Å². The van der Waals surface area contributed by atoms with Crippen molar-refractivity contribution >= 4 is 23.6 Å². The van der Waals surface area contributed by atoms with Gasteiger partial charge in [0.15, 0.2) is 0 Å². The Morgan fingerprint density at radius 3 is 2.36 bits per heavy atom. The molecule has 7 nitrogen and oxygen atoms in total. The first-order valence-electron chi connectivity index (χ1n) is 8.66. The van der Waals surface area contributed by atoms with Gasteiger partial charge in [0.05, 0.1) is 12.5 Å². The van der Waals surface area contributed by atoms with E-state index in [0.29, 0.717) is 39.3 Å². The summed E-state index contributed by atoms with van der Waals surface area (Å²) in [4.78, 5) is 41.8. The fraction of sp³-hybridized carbons (Fsp3) is 0.500. The van der Waals surface area contributed by atoms with Crippen LogP contribution in [0.25, 0.3) is 0 Å². The molecule has 1 atom stereocenters. The SMILES string of the molecule is CCOC(=O)N1CCN(C(=O)[C@@H]2CC(=O)N(c3ccccc3)C2)CC1. The molecule has 0 N–H and O–H groups in total. The van der Waals surface area contributed by atoms with Crippen molar-refractivity contribution in [2.24, 2.45) is 5.92 Å². The first-order valence-corrected chi connectivity index (χ1v) is 8.66. The van der Waals surface area contributed by atoms with Crippen LogP contribution in [-0.4, -0.2) is 67.0 Å². The highest BCUT2D eigenvalue weighted by Crippen LogP contribution is 2.26. The van der Waals surface area contributed by atoms with Crippen molar-refractivity contribution in [2.45, 2.75) is 13.3 Å². The zero-order chi connectivity index (χ0) is 17.8. The van der Waals surface area contributed by atoms with Crippen molar-refractivity contribution < 1.29 is 19.1 Å². The predicted octanol–water partition coefficient (Wildman–Crippen LogP) is 1.34. The lowest BCUT2D eigenvalue weighted by molar-refractivity contribution is -0.137. The third-order valence-electron chi connectivity index (χ3n) is 4.66. The van der Waals surface area contributed by atoms with Gasteiger partial charge in [0.1, 0.15) is 0 Å². The van der Waals surface area contributed by atoms with Gasteiger partial charge >= 0.3 is 6.09 Å². The van der Waals surface area contributed by atoms with Crippen molar-refractivity contribution in [3.63, 3.8) is 0 Å². The lowest BCUT2D eigenvalue weighted by Gasteiger charge is -2.35. The largest absolute Gasteiger partial charge is 0.450 e. The van der Waals surface area contributed by atoms with Gasteiger partial charge in [0.2, 0.25) is 11.8 Å². The topological polar surface area (TPSA) is 70.2 Å². The van der Waals surface area contributed by atoms with E-state index in [9.17, 15) is 14.4 Å². The van der Waals surface area contributed by atoms with Gasteiger partial charge in [-0.1, -0.05) is 18.2 Å². The Morgan fingerprint density at radius 1 is 1.08 bits per heavy atom. The molecule has 0 unspecified atom stereocenters. The van der Waals surface area contributed by atoms with Gasteiger partial charge in [-0.2, -0.15) is 0 Å². The molecule has 2 saturated heterocycles. The first-order chi connectivity index (χ1) is 12.1. The van der Waals surface area contributed by atoms with E-state index in [-0.39, 0.29) is 30.2 Å². The molecular formula is C18H23N3O4. The van der Waals surface area contributed by atoms with Crippen LogP contribution in [0, 0.1) is 5.92 Å². The number of rotatable bonds is 3. The number of piperazine rings is 1. The average molecular weight is 345 g/mol. The Morgan fingerprint density at radius 2 is 1.72 bits per heavy atom. The van der Waals surface area contributed by atoms with Crippen molar-refractivity contribution in [1.82, 2.24) is 9.80 Å². The van der Waals surface area contributed by atoms with E-state index in [1.54, 1.807) is 21.6 Å². The van der Waals surface area contributed by atoms with Gasteiger partial charge < -0.3 is 19.4 Å². The summed E-state index contributed by atoms with van der Waals surface area (Å²) in [5.74, 6) is -0.341. The minimum absolute atomic E-state index is 0.00436. The lowest BCUT2D eigenvalue weighted by Crippen LogP contribution is -2.52. The van der Waals surface area contributed by atoms with Crippen LogP contribution in [0.5, 0.6) is 0 Å². The van der Waals surface area contributed by atoms with E-state index >= 15 is 0 Å². The monoisotopic (exact) mass is 345 g/mol. The van der Waals surface area contributed by atoms with Crippen LogP contribution in [0.1, 0.15) is 13.3 Å². The third kappa shape index (κ3) is 3.75. The molecule has 0 spiro atoms. The first kappa shape index (κ1) is 17.3. The molecule has 1 aromatic carbocycles. The molecule has 0 radical (unpaired) electrons. The Balaban J connectivity index is 1.56. The highest BCUT2D eigenvalue weighted by atomic mass is 16.6. The quantitative estimate of drug-likeness (QED) is 0.829. The number of amides is 3. The molecule has 25 heavy (non-hydrogen) atoms. The molecule has 2 heterocycles. The Bertz CT molecular complexity index is 641. The van der Waals surface area contributed by atoms with Crippen LogP contribution in [0.2, 0.25) is 0 Å². The molecule has 134 valence electrons. The maximum atomic E-state index is 12.7. The molecule has 2 aliphatic heterocycles. The number of nitrogens with zero attached hydrogens (tertiary/aromatic N) is 3. The molecule has 0 bridgehead atoms. The van der Waals surface area contributed by atoms with Crippen LogP contribution >= 0.6 is 0 Å². The summed E-state index contributed by atoms with van der Waals surface area (Å²) in [5.41, 5.74) is 0.829. The molecule has 0 saturated carbocycles. The molecule has 0 aliphatic carbocycles. The van der Waals surface area contributed by atoms with Crippen molar-refractivity contribution in [2.75, 3.05) is 44.2 Å². The number of carbonyl (C=O) groups excluding carboxylic acids is 3. The number of hydrogen-bond donors (Lipinski definition) is 0. The fourth-order valence-electron chi connectivity index (χ4n) is 3.31. The zero-order valence-electron chi connectivity index (χ0n) is 14.4. The van der Waals surface area contributed by atoms with Gasteiger partial charge in [-0.3, -0.25) is 9.59 Å². The second kappa shape index (κ2) is 7.55. The van der Waals surface area contributed by atoms with E-state index in [1.807, 2.05) is 30.3 Å². The smallest absolute Gasteiger partial charge is 0.409 e. The van der Waals surface area contributed by atoms with E-state index in [1.165, 1.54) is 0 Å². The normalized spacial score (nSPS) is 20.8. The minimum Gasteiger partial charge on any atom is -0.450 e. The summed E-state index contributed by atoms with van der Waals surface area (Å²) >= 11 is 0. The van der Waals surface area contributed by atoms with Crippen LogP contribution in [0.4, 0.5) is 10.5 Å². The molecule has 0 aromatic heterocycles. The van der Waals surface area contributed by atoms with Crippen LogP contribution in [0.15, 0.2) is 30.3 Å². The van der Waals surface area contributed by atoms with Gasteiger partial charge in [-0.25, -0.2) is 4.79 Å². The van der Waals surface area contributed by atoms with Gasteiger partial charge in [0, 0.05) is 44.8 Å². The number of hydrogen-bond acceptors (Lipinski definition) is 4. The van der Waals surface area contributed by atoms with Crippen LogP contribution < -0.4 is 4.90 Å². The van der Waals surface area contributed by atoms with E-state index in [2.05, 4.69) is 0 Å². The minimum atomic E-state index is -0.333. The van der Waals surface area contributed by atoms with Gasteiger partial charge in [-0.05, 0) is 19.1 Å². The number of para-hydroxylation sites is 1. The van der Waals surface area contributed by atoms with E-state index in [4.69, 9.17) is 4.74 Å². The lowest BCUT2D eigenvalue weighted by atomic mass is 10.1. The average Bonchev–Trinajstić information content (AvgIpc) is 3.04. The van der Waals surface area contributed by atoms with Crippen molar-refractivity contribution in [3.8, 4) is 0 Å². The molecular weight excluding hydrogens is 322 g/mol. The van der Waals surface area contributed by atoms with Crippen molar-refractivity contribution in [3.05, 3.63) is 30.3 Å². The van der Waals surface area contributed by atoms with Gasteiger partial charge in [0.25, 0.3) is 0 Å². The second-order valence-corrected chi connectivity index (χ2v) is 6.25. The van der Waals surface area contributed by atoms with Crippen LogP contribution in [-0.2, 0) is 14.3 Å². The summed E-state index contributed by atoms with van der Waals surface area (Å²) in [6.45, 7) is 4.42. The van der Waals surface area contributed by atoms with E-state index in [0.717, 1.165) is 5.69 Å². The summed E-state index contributed by atoms with van der Waals surface area (Å²) < 4.78 is 4.99. The third-order valence-corrected chi connectivity index (χ3v) is 4.66. The summed E-state index contributed by atoms with van der Waals surface area (Å²) in [6, 6.07) is 9.42. The van der Waals surface area contributed by atoms with Gasteiger partial charge in [-0.15, -0.1) is 0 Å². The predicted molar refractivity (Wildman–Crippen MR) is 92.1 cm³/mol. The van der Waals surface area contributed by atoms with Crippen LogP contribution in [0.3, 0.4) is 0 Å². The highest BCUT2D eigenvalue weighted by molar-refractivity contribution is 6.00. The number of benzene rings is 1. The van der Waals surface area contributed by atoms with Crippen molar-refractivity contribution in [1.29, 1.82) is 0 Å².